The van der Waals surface area contributed by atoms with Gasteiger partial charge < -0.3 is 5.73 Å². The maximum absolute atomic E-state index is 8.78. The van der Waals surface area contributed by atoms with Crippen LogP contribution in [0.4, 0.5) is 5.69 Å². The number of unbranched alkanes of at least 4 members (excludes halogenated alkanes) is 4. The van der Waals surface area contributed by atoms with E-state index in [0.29, 0.717) is 11.3 Å². The molecule has 0 aliphatic rings. The first-order chi connectivity index (χ1) is 8.27. The summed E-state index contributed by atoms with van der Waals surface area (Å²) in [6.45, 7) is 2.19. The summed E-state index contributed by atoms with van der Waals surface area (Å²) >= 11 is 0. The molecule has 1 aromatic rings. The summed E-state index contributed by atoms with van der Waals surface area (Å²) in [4.78, 5) is 0. The zero-order valence-electron chi connectivity index (χ0n) is 10.3. The lowest BCUT2D eigenvalue weighted by molar-refractivity contribution is 0.679. The van der Waals surface area contributed by atoms with E-state index in [1.165, 1.54) is 19.3 Å². The first kappa shape index (κ1) is 13.1. The van der Waals surface area contributed by atoms with E-state index in [-0.39, 0.29) is 0 Å². The molecule has 0 spiro atoms. The van der Waals surface area contributed by atoms with Gasteiger partial charge in [0.15, 0.2) is 0 Å². The summed E-state index contributed by atoms with van der Waals surface area (Å²) in [7, 11) is 0. The number of nitrogens with zero attached hydrogens (tertiary/aromatic N) is 1. The molecule has 0 aliphatic heterocycles. The van der Waals surface area contributed by atoms with Gasteiger partial charge in [-0.3, -0.25) is 0 Å². The van der Waals surface area contributed by atoms with Crippen molar-refractivity contribution in [1.29, 1.82) is 5.26 Å². The van der Waals surface area contributed by atoms with Crippen LogP contribution in [0.1, 0.15) is 50.2 Å². The number of anilines is 1. The van der Waals surface area contributed by atoms with Crippen LogP contribution in [0, 0.1) is 23.2 Å². The van der Waals surface area contributed by atoms with Crippen molar-refractivity contribution in [3.05, 3.63) is 29.3 Å². The van der Waals surface area contributed by atoms with Crippen LogP contribution < -0.4 is 5.73 Å². The van der Waals surface area contributed by atoms with Crippen molar-refractivity contribution in [2.75, 3.05) is 5.73 Å². The lowest BCUT2D eigenvalue weighted by atomic mass is 10.1. The number of hydrogen-bond acceptors (Lipinski definition) is 2. The summed E-state index contributed by atoms with van der Waals surface area (Å²) in [6, 6.07) is 7.28. The Bertz CT molecular complexity index is 458. The summed E-state index contributed by atoms with van der Waals surface area (Å²) < 4.78 is 0. The highest BCUT2D eigenvalue weighted by molar-refractivity contribution is 5.58. The third-order valence-electron chi connectivity index (χ3n) is 2.56. The molecular formula is C15H18N2. The van der Waals surface area contributed by atoms with Crippen LogP contribution in [0.2, 0.25) is 0 Å². The smallest absolute Gasteiger partial charge is 0.0992 e. The van der Waals surface area contributed by atoms with Gasteiger partial charge in [0.25, 0.3) is 0 Å². The first-order valence-corrected chi connectivity index (χ1v) is 6.06. The molecule has 0 aromatic heterocycles. The Balaban J connectivity index is 2.56. The summed E-state index contributed by atoms with van der Waals surface area (Å²) in [5.41, 5.74) is 7.81. The Kier molecular flexibility index (Phi) is 5.69. The lowest BCUT2D eigenvalue weighted by Crippen LogP contribution is -1.90. The van der Waals surface area contributed by atoms with Crippen molar-refractivity contribution in [1.82, 2.24) is 0 Å². The van der Waals surface area contributed by atoms with Crippen LogP contribution in [-0.2, 0) is 0 Å². The zero-order chi connectivity index (χ0) is 12.5. The van der Waals surface area contributed by atoms with E-state index >= 15 is 0 Å². The Morgan fingerprint density at radius 1 is 1.24 bits per heavy atom. The fourth-order valence-electron chi connectivity index (χ4n) is 1.53. The number of hydrogen-bond donors (Lipinski definition) is 1. The Morgan fingerprint density at radius 3 is 2.76 bits per heavy atom. The molecule has 0 unspecified atom stereocenters. The third-order valence-corrected chi connectivity index (χ3v) is 2.56. The molecule has 0 bridgehead atoms. The van der Waals surface area contributed by atoms with E-state index in [4.69, 9.17) is 11.0 Å². The maximum atomic E-state index is 8.78. The topological polar surface area (TPSA) is 49.8 Å². The van der Waals surface area contributed by atoms with Gasteiger partial charge in [-0.15, -0.1) is 0 Å². The van der Waals surface area contributed by atoms with Crippen LogP contribution in [-0.4, -0.2) is 0 Å². The molecule has 0 heterocycles. The van der Waals surface area contributed by atoms with Crippen LogP contribution >= 0.6 is 0 Å². The molecule has 0 amide bonds. The van der Waals surface area contributed by atoms with E-state index in [1.807, 2.05) is 0 Å². The SMILES string of the molecule is CCCCCCC#Cc1cc(C#N)ccc1N. The van der Waals surface area contributed by atoms with Gasteiger partial charge in [0, 0.05) is 17.7 Å². The van der Waals surface area contributed by atoms with Crippen LogP contribution in [0.3, 0.4) is 0 Å². The van der Waals surface area contributed by atoms with Crippen molar-refractivity contribution in [2.24, 2.45) is 0 Å². The number of rotatable bonds is 4. The predicted molar refractivity (Wildman–Crippen MR) is 71.2 cm³/mol. The minimum Gasteiger partial charge on any atom is -0.398 e. The summed E-state index contributed by atoms with van der Waals surface area (Å²) in [5, 5.41) is 8.78. The molecular weight excluding hydrogens is 208 g/mol. The molecule has 0 saturated heterocycles. The zero-order valence-corrected chi connectivity index (χ0v) is 10.3. The normalized spacial score (nSPS) is 9.18. The highest BCUT2D eigenvalue weighted by Gasteiger charge is 1.97. The number of benzene rings is 1. The van der Waals surface area contributed by atoms with Gasteiger partial charge >= 0.3 is 0 Å². The number of nitrogen functional groups attached to an aromatic ring is 1. The van der Waals surface area contributed by atoms with Gasteiger partial charge in [0.2, 0.25) is 0 Å². The molecule has 1 aromatic carbocycles. The molecule has 0 saturated carbocycles. The summed E-state index contributed by atoms with van der Waals surface area (Å²) in [6.07, 6.45) is 5.78. The first-order valence-electron chi connectivity index (χ1n) is 6.06. The quantitative estimate of drug-likeness (QED) is 0.485. The molecule has 2 nitrogen and oxygen atoms in total. The predicted octanol–water partition coefficient (Wildman–Crippen LogP) is 3.46. The van der Waals surface area contributed by atoms with Crippen LogP contribution in [0.25, 0.3) is 0 Å². The molecule has 0 radical (unpaired) electrons. The fourth-order valence-corrected chi connectivity index (χ4v) is 1.53. The van der Waals surface area contributed by atoms with Gasteiger partial charge in [0.05, 0.1) is 11.6 Å². The highest BCUT2D eigenvalue weighted by Crippen LogP contribution is 2.12. The third kappa shape index (κ3) is 4.62. The van der Waals surface area contributed by atoms with Crippen molar-refractivity contribution < 1.29 is 0 Å². The van der Waals surface area contributed by atoms with Gasteiger partial charge in [-0.25, -0.2) is 0 Å². The monoisotopic (exact) mass is 226 g/mol. The van der Waals surface area contributed by atoms with Crippen LogP contribution in [0.15, 0.2) is 18.2 Å². The maximum Gasteiger partial charge on any atom is 0.0992 e. The van der Waals surface area contributed by atoms with Crippen molar-refractivity contribution in [2.45, 2.75) is 39.0 Å². The lowest BCUT2D eigenvalue weighted by Gasteiger charge is -1.97. The van der Waals surface area contributed by atoms with Crippen molar-refractivity contribution in [3.63, 3.8) is 0 Å². The molecule has 0 aliphatic carbocycles. The Hall–Kier alpha value is -1.93. The summed E-state index contributed by atoms with van der Waals surface area (Å²) in [5.74, 6) is 6.15. The van der Waals surface area contributed by atoms with Crippen LogP contribution in [0.5, 0.6) is 0 Å². The van der Waals surface area contributed by atoms with Gasteiger partial charge in [-0.2, -0.15) is 5.26 Å². The van der Waals surface area contributed by atoms with Gasteiger partial charge in [0.1, 0.15) is 0 Å². The molecule has 17 heavy (non-hydrogen) atoms. The van der Waals surface area contributed by atoms with Gasteiger partial charge in [-0.05, 0) is 24.6 Å². The highest BCUT2D eigenvalue weighted by atomic mass is 14.5. The second kappa shape index (κ2) is 7.36. The second-order valence-electron chi connectivity index (χ2n) is 4.03. The number of nitriles is 1. The van der Waals surface area contributed by atoms with E-state index < -0.39 is 0 Å². The largest absolute Gasteiger partial charge is 0.398 e. The van der Waals surface area contributed by atoms with E-state index in [1.54, 1.807) is 18.2 Å². The van der Waals surface area contributed by atoms with E-state index in [9.17, 15) is 0 Å². The Morgan fingerprint density at radius 2 is 2.06 bits per heavy atom. The molecule has 0 fully saturated rings. The average molecular weight is 226 g/mol. The molecule has 88 valence electrons. The average Bonchev–Trinajstić information content (AvgIpc) is 2.35. The van der Waals surface area contributed by atoms with E-state index in [0.717, 1.165) is 18.4 Å². The van der Waals surface area contributed by atoms with Gasteiger partial charge in [-0.1, -0.05) is 38.0 Å². The number of nitrogens with two attached hydrogens (primary N) is 1. The molecule has 2 N–H and O–H groups in total. The molecule has 2 heteroatoms. The standard InChI is InChI=1S/C15H18N2/c1-2-3-4-5-6-7-8-14-11-13(12-16)9-10-15(14)17/h9-11H,2-6,17H2,1H3. The second-order valence-corrected chi connectivity index (χ2v) is 4.03. The minimum absolute atomic E-state index is 0.606. The minimum atomic E-state index is 0.606. The fraction of sp³-hybridized carbons (Fsp3) is 0.400. The Labute approximate surface area is 103 Å². The van der Waals surface area contributed by atoms with E-state index in [2.05, 4.69) is 24.8 Å². The molecule has 0 atom stereocenters. The molecule has 1 rings (SSSR count). The van der Waals surface area contributed by atoms with Crippen molar-refractivity contribution >= 4 is 5.69 Å². The van der Waals surface area contributed by atoms with Crippen molar-refractivity contribution in [3.8, 4) is 17.9 Å².